The highest BCUT2D eigenvalue weighted by Gasteiger charge is 2.32. The Labute approximate surface area is 210 Å². The van der Waals surface area contributed by atoms with Crippen LogP contribution in [0.15, 0.2) is 30.3 Å². The zero-order valence-corrected chi connectivity index (χ0v) is 21.5. The number of carbonyl (C=O) groups is 4. The zero-order chi connectivity index (χ0) is 26.5. The maximum Gasteiger partial charge on any atom is 0.328 e. The van der Waals surface area contributed by atoms with E-state index < -0.39 is 54.0 Å². The maximum absolute atomic E-state index is 13.2. The minimum absolute atomic E-state index is 0.0794. The van der Waals surface area contributed by atoms with E-state index in [0.29, 0.717) is 18.6 Å². The van der Waals surface area contributed by atoms with E-state index in [1.54, 1.807) is 30.3 Å². The Balaban J connectivity index is 3.11. The van der Waals surface area contributed by atoms with Gasteiger partial charge >= 0.3 is 5.97 Å². The molecule has 0 spiro atoms. The largest absolute Gasteiger partial charge is 0.480 e. The average Bonchev–Trinajstić information content (AvgIpc) is 2.83. The maximum atomic E-state index is 13.2. The van der Waals surface area contributed by atoms with Crippen LogP contribution >= 0.6 is 11.8 Å². The number of rotatable bonds is 15. The summed E-state index contributed by atoms with van der Waals surface area (Å²) in [4.78, 5) is 50.2. The first kappa shape index (κ1) is 30.4. The van der Waals surface area contributed by atoms with Crippen LogP contribution in [0.25, 0.3) is 0 Å². The molecule has 6 unspecified atom stereocenters. The predicted octanol–water partition coefficient (Wildman–Crippen LogP) is 0.275. The number of hydrogen-bond acceptors (Lipinski definition) is 7. The highest BCUT2D eigenvalue weighted by Crippen LogP contribution is 2.09. The van der Waals surface area contributed by atoms with Crippen molar-refractivity contribution in [1.82, 2.24) is 16.0 Å². The molecule has 0 aromatic heterocycles. The fraction of sp³-hybridized carbons (Fsp3) is 0.583. The molecule has 1 aromatic carbocycles. The number of thioether (sulfide) groups is 1. The van der Waals surface area contributed by atoms with Gasteiger partial charge in [0.1, 0.15) is 12.1 Å². The van der Waals surface area contributed by atoms with Gasteiger partial charge in [-0.25, -0.2) is 4.79 Å². The Morgan fingerprint density at radius 3 is 2.06 bits per heavy atom. The number of aliphatic carboxylic acids is 1. The standard InChI is InChI=1S/C24H38N4O6S/c1-5-14(2)19(25)23(32)26-17(11-12-35-4)21(30)27-18(13-16-9-7-6-8-10-16)22(31)28-20(15(3)29)24(33)34/h6-10,14-15,17-20,29H,5,11-13,25H2,1-4H3,(H,26,32)(H,27,30)(H,28,31)(H,33,34). The summed E-state index contributed by atoms with van der Waals surface area (Å²) in [6.45, 7) is 5.01. The fourth-order valence-corrected chi connectivity index (χ4v) is 3.73. The molecule has 0 aliphatic rings. The van der Waals surface area contributed by atoms with Gasteiger partial charge in [0, 0.05) is 6.42 Å². The molecule has 0 aliphatic heterocycles. The molecular formula is C24H38N4O6S. The lowest BCUT2D eigenvalue weighted by Gasteiger charge is -2.26. The molecule has 196 valence electrons. The summed E-state index contributed by atoms with van der Waals surface area (Å²) in [6, 6.07) is 4.51. The minimum atomic E-state index is -1.54. The predicted molar refractivity (Wildman–Crippen MR) is 136 cm³/mol. The average molecular weight is 511 g/mol. The topological polar surface area (TPSA) is 171 Å². The van der Waals surface area contributed by atoms with Gasteiger partial charge < -0.3 is 31.9 Å². The van der Waals surface area contributed by atoms with E-state index in [2.05, 4.69) is 16.0 Å². The molecule has 1 rings (SSSR count). The third kappa shape index (κ3) is 10.3. The lowest BCUT2D eigenvalue weighted by molar-refractivity contribution is -0.145. The molecule has 0 heterocycles. The lowest BCUT2D eigenvalue weighted by atomic mass is 9.99. The number of carboxylic acids is 1. The van der Waals surface area contributed by atoms with Gasteiger partial charge in [-0.15, -0.1) is 0 Å². The first-order valence-corrected chi connectivity index (χ1v) is 13.0. The van der Waals surface area contributed by atoms with Crippen molar-refractivity contribution in [3.05, 3.63) is 35.9 Å². The number of nitrogens with one attached hydrogen (secondary N) is 3. The highest BCUT2D eigenvalue weighted by molar-refractivity contribution is 7.98. The van der Waals surface area contributed by atoms with Gasteiger partial charge in [-0.2, -0.15) is 11.8 Å². The van der Waals surface area contributed by atoms with Gasteiger partial charge in [0.15, 0.2) is 6.04 Å². The van der Waals surface area contributed by atoms with Gasteiger partial charge in [-0.05, 0) is 36.8 Å². The third-order valence-electron chi connectivity index (χ3n) is 5.77. The van der Waals surface area contributed by atoms with E-state index in [-0.39, 0.29) is 12.3 Å². The van der Waals surface area contributed by atoms with Crippen LogP contribution in [-0.2, 0) is 25.6 Å². The van der Waals surface area contributed by atoms with Crippen molar-refractivity contribution in [2.24, 2.45) is 11.7 Å². The van der Waals surface area contributed by atoms with Crippen LogP contribution in [0.2, 0.25) is 0 Å². The molecule has 0 fully saturated rings. The number of amides is 3. The lowest BCUT2D eigenvalue weighted by Crippen LogP contribution is -2.59. The minimum Gasteiger partial charge on any atom is -0.480 e. The second-order valence-electron chi connectivity index (χ2n) is 8.57. The van der Waals surface area contributed by atoms with Gasteiger partial charge in [0.2, 0.25) is 17.7 Å². The molecule has 6 atom stereocenters. The Morgan fingerprint density at radius 2 is 1.54 bits per heavy atom. The van der Waals surface area contributed by atoms with Crippen molar-refractivity contribution in [2.75, 3.05) is 12.0 Å². The zero-order valence-electron chi connectivity index (χ0n) is 20.7. The highest BCUT2D eigenvalue weighted by atomic mass is 32.2. The van der Waals surface area contributed by atoms with E-state index >= 15 is 0 Å². The summed E-state index contributed by atoms with van der Waals surface area (Å²) in [5.41, 5.74) is 6.76. The smallest absolute Gasteiger partial charge is 0.328 e. The van der Waals surface area contributed by atoms with Crippen molar-refractivity contribution < 1.29 is 29.4 Å². The summed E-state index contributed by atoms with van der Waals surface area (Å²) in [7, 11) is 0. The molecular weight excluding hydrogens is 472 g/mol. The SMILES string of the molecule is CCC(C)C(N)C(=O)NC(CCSC)C(=O)NC(Cc1ccccc1)C(=O)NC(C(=O)O)C(C)O. The Bertz CT molecular complexity index is 839. The summed E-state index contributed by atoms with van der Waals surface area (Å²) < 4.78 is 0. The Kier molecular flexibility index (Phi) is 13.4. The van der Waals surface area contributed by atoms with Crippen LogP contribution in [0, 0.1) is 5.92 Å². The number of carboxylic acid groups (broad SMARTS) is 1. The van der Waals surface area contributed by atoms with Gasteiger partial charge in [-0.1, -0.05) is 50.6 Å². The monoisotopic (exact) mass is 510 g/mol. The molecule has 35 heavy (non-hydrogen) atoms. The molecule has 3 amide bonds. The molecule has 0 saturated carbocycles. The number of hydrogen-bond donors (Lipinski definition) is 6. The van der Waals surface area contributed by atoms with E-state index in [1.165, 1.54) is 18.7 Å². The molecule has 0 radical (unpaired) electrons. The summed E-state index contributed by atoms with van der Waals surface area (Å²) in [5.74, 6) is -2.70. The second-order valence-corrected chi connectivity index (χ2v) is 9.56. The molecule has 1 aromatic rings. The second kappa shape index (κ2) is 15.4. The number of aliphatic hydroxyl groups is 1. The molecule has 11 heteroatoms. The van der Waals surface area contributed by atoms with Crippen molar-refractivity contribution in [3.63, 3.8) is 0 Å². The van der Waals surface area contributed by atoms with Crippen molar-refractivity contribution >= 4 is 35.5 Å². The van der Waals surface area contributed by atoms with Crippen LogP contribution < -0.4 is 21.7 Å². The molecule has 0 saturated heterocycles. The van der Waals surface area contributed by atoms with E-state index in [4.69, 9.17) is 5.73 Å². The van der Waals surface area contributed by atoms with Gasteiger partial charge in [-0.3, -0.25) is 14.4 Å². The molecule has 10 nitrogen and oxygen atoms in total. The quantitative estimate of drug-likeness (QED) is 0.195. The van der Waals surface area contributed by atoms with E-state index in [1.807, 2.05) is 20.1 Å². The third-order valence-corrected chi connectivity index (χ3v) is 6.41. The Morgan fingerprint density at radius 1 is 0.971 bits per heavy atom. The van der Waals surface area contributed by atoms with Crippen molar-refractivity contribution in [2.45, 2.75) is 70.3 Å². The van der Waals surface area contributed by atoms with Gasteiger partial charge in [0.25, 0.3) is 0 Å². The van der Waals surface area contributed by atoms with Crippen LogP contribution in [0.5, 0.6) is 0 Å². The first-order chi connectivity index (χ1) is 16.5. The first-order valence-electron chi connectivity index (χ1n) is 11.6. The molecule has 7 N–H and O–H groups in total. The number of nitrogens with two attached hydrogens (primary N) is 1. The van der Waals surface area contributed by atoms with Gasteiger partial charge in [0.05, 0.1) is 12.1 Å². The van der Waals surface area contributed by atoms with Crippen molar-refractivity contribution in [1.29, 1.82) is 0 Å². The van der Waals surface area contributed by atoms with Crippen LogP contribution in [-0.4, -0.2) is 76.2 Å². The summed E-state index contributed by atoms with van der Waals surface area (Å²) in [5, 5.41) is 26.7. The van der Waals surface area contributed by atoms with Crippen molar-refractivity contribution in [3.8, 4) is 0 Å². The molecule has 0 aliphatic carbocycles. The normalized spacial score (nSPS) is 16.2. The number of carbonyl (C=O) groups excluding carboxylic acids is 3. The van der Waals surface area contributed by atoms with Crippen LogP contribution in [0.1, 0.15) is 39.2 Å². The summed E-state index contributed by atoms with van der Waals surface area (Å²) in [6.07, 6.45) is 1.62. The number of aliphatic hydroxyl groups excluding tert-OH is 1. The Hall–Kier alpha value is -2.63. The van der Waals surface area contributed by atoms with E-state index in [9.17, 15) is 29.4 Å². The fourth-order valence-electron chi connectivity index (χ4n) is 3.26. The summed E-state index contributed by atoms with van der Waals surface area (Å²) >= 11 is 1.50. The van der Waals surface area contributed by atoms with Crippen LogP contribution in [0.4, 0.5) is 0 Å². The van der Waals surface area contributed by atoms with E-state index in [0.717, 1.165) is 5.56 Å². The number of benzene rings is 1. The molecule has 0 bridgehead atoms. The van der Waals surface area contributed by atoms with Crippen LogP contribution in [0.3, 0.4) is 0 Å².